The molecule has 6 nitrogen and oxygen atoms in total. The van der Waals surface area contributed by atoms with Gasteiger partial charge in [0.05, 0.1) is 6.61 Å². The molecule has 146 valence electrons. The molecule has 0 aliphatic heterocycles. The van der Waals surface area contributed by atoms with Crippen LogP contribution in [-0.4, -0.2) is 34.3 Å². The number of carboxylic acids is 1. The molecule has 1 amide bonds. The minimum absolute atomic E-state index is 0.139. The predicted octanol–water partition coefficient (Wildman–Crippen LogP) is 4.54. The van der Waals surface area contributed by atoms with Gasteiger partial charge in [0.15, 0.2) is 0 Å². The summed E-state index contributed by atoms with van der Waals surface area (Å²) in [6, 6.07) is 14.5. The molecule has 0 aliphatic rings. The van der Waals surface area contributed by atoms with Gasteiger partial charge in [-0.05, 0) is 43.2 Å². The molecule has 1 heterocycles. The van der Waals surface area contributed by atoms with Gasteiger partial charge in [-0.3, -0.25) is 0 Å². The molecule has 0 bridgehead atoms. The number of hydrogen-bond acceptors (Lipinski definition) is 3. The van der Waals surface area contributed by atoms with Crippen LogP contribution in [0.5, 0.6) is 0 Å². The largest absolute Gasteiger partial charge is 0.479 e. The maximum atomic E-state index is 12.4. The summed E-state index contributed by atoms with van der Waals surface area (Å²) < 4.78 is 4.96. The van der Waals surface area contributed by atoms with Crippen LogP contribution in [0.15, 0.2) is 54.7 Å². The van der Waals surface area contributed by atoms with Gasteiger partial charge in [-0.1, -0.05) is 41.9 Å². The number of aromatic amines is 1. The zero-order valence-corrected chi connectivity index (χ0v) is 16.3. The Morgan fingerprint density at radius 3 is 2.54 bits per heavy atom. The van der Waals surface area contributed by atoms with Crippen molar-refractivity contribution in [3.63, 3.8) is 0 Å². The first-order valence-corrected chi connectivity index (χ1v) is 9.24. The Balaban J connectivity index is 2.20. The first-order valence-electron chi connectivity index (χ1n) is 8.86. The number of alkyl carbamates (subject to hydrolysis) is 1. The van der Waals surface area contributed by atoms with Crippen LogP contribution in [-0.2, 0) is 9.53 Å². The summed E-state index contributed by atoms with van der Waals surface area (Å²) in [5.41, 5.74) is 0.668. The number of para-hydroxylation sites is 1. The monoisotopic (exact) mass is 400 g/mol. The van der Waals surface area contributed by atoms with Crippen molar-refractivity contribution in [1.29, 1.82) is 0 Å². The highest BCUT2D eigenvalue weighted by Crippen LogP contribution is 2.39. The van der Waals surface area contributed by atoms with Gasteiger partial charge in [-0.15, -0.1) is 0 Å². The fraction of sp³-hybridized carbons (Fsp3) is 0.238. The van der Waals surface area contributed by atoms with Crippen LogP contribution in [0.3, 0.4) is 0 Å². The summed E-state index contributed by atoms with van der Waals surface area (Å²) >= 11 is 6.03. The summed E-state index contributed by atoms with van der Waals surface area (Å²) in [4.78, 5) is 27.7. The third-order valence-electron chi connectivity index (χ3n) is 4.79. The minimum Gasteiger partial charge on any atom is -0.479 e. The number of ether oxygens (including phenoxy) is 1. The van der Waals surface area contributed by atoms with Gasteiger partial charge in [-0.25, -0.2) is 9.59 Å². The number of aromatic nitrogens is 1. The van der Waals surface area contributed by atoms with Crippen molar-refractivity contribution in [2.45, 2.75) is 25.3 Å². The molecule has 0 aliphatic carbocycles. The minimum atomic E-state index is -1.66. The molecule has 7 heteroatoms. The summed E-state index contributed by atoms with van der Waals surface area (Å²) in [5, 5.41) is 14.1. The van der Waals surface area contributed by atoms with Crippen molar-refractivity contribution in [2.75, 3.05) is 6.61 Å². The van der Waals surface area contributed by atoms with Crippen molar-refractivity contribution in [1.82, 2.24) is 10.3 Å². The fourth-order valence-electron chi connectivity index (χ4n) is 3.44. The zero-order chi connectivity index (χ0) is 20.3. The van der Waals surface area contributed by atoms with E-state index in [0.717, 1.165) is 16.5 Å². The number of carbonyl (C=O) groups is 2. The van der Waals surface area contributed by atoms with E-state index in [1.54, 1.807) is 37.4 Å². The van der Waals surface area contributed by atoms with E-state index in [9.17, 15) is 14.7 Å². The zero-order valence-electron chi connectivity index (χ0n) is 15.5. The Morgan fingerprint density at radius 2 is 1.89 bits per heavy atom. The third kappa shape index (κ3) is 3.68. The van der Waals surface area contributed by atoms with Crippen LogP contribution in [0.2, 0.25) is 5.02 Å². The molecular weight excluding hydrogens is 380 g/mol. The Bertz CT molecular complexity index is 999. The second-order valence-corrected chi connectivity index (χ2v) is 7.06. The van der Waals surface area contributed by atoms with Crippen LogP contribution >= 0.6 is 11.6 Å². The highest BCUT2D eigenvalue weighted by molar-refractivity contribution is 6.30. The number of nitrogens with one attached hydrogen (secondary N) is 2. The van der Waals surface area contributed by atoms with Gasteiger partial charge in [-0.2, -0.15) is 0 Å². The van der Waals surface area contributed by atoms with Crippen molar-refractivity contribution in [3.8, 4) is 0 Å². The van der Waals surface area contributed by atoms with Gasteiger partial charge in [0.25, 0.3) is 0 Å². The lowest BCUT2D eigenvalue weighted by atomic mass is 9.76. The van der Waals surface area contributed by atoms with Crippen molar-refractivity contribution in [2.24, 2.45) is 0 Å². The number of carbonyl (C=O) groups excluding carboxylic acids is 1. The maximum Gasteiger partial charge on any atom is 0.408 e. The van der Waals surface area contributed by atoms with Crippen LogP contribution in [0.1, 0.15) is 30.9 Å². The number of H-pyrrole nitrogens is 1. The normalized spacial score (nSPS) is 14.2. The molecule has 0 radical (unpaired) electrons. The maximum absolute atomic E-state index is 12.4. The topological polar surface area (TPSA) is 91.4 Å². The van der Waals surface area contributed by atoms with E-state index >= 15 is 0 Å². The molecule has 0 unspecified atom stereocenters. The smallest absolute Gasteiger partial charge is 0.408 e. The molecule has 2 atom stereocenters. The molecule has 0 spiro atoms. The Hall–Kier alpha value is -2.99. The lowest BCUT2D eigenvalue weighted by Crippen LogP contribution is -2.56. The van der Waals surface area contributed by atoms with Crippen molar-refractivity contribution >= 4 is 34.6 Å². The highest BCUT2D eigenvalue weighted by atomic mass is 35.5. The first-order chi connectivity index (χ1) is 13.4. The summed E-state index contributed by atoms with van der Waals surface area (Å²) in [7, 11) is 0. The predicted molar refractivity (Wildman–Crippen MR) is 108 cm³/mol. The number of hydrogen-bond donors (Lipinski definition) is 3. The van der Waals surface area contributed by atoms with Crippen molar-refractivity contribution < 1.29 is 19.4 Å². The van der Waals surface area contributed by atoms with E-state index in [4.69, 9.17) is 16.3 Å². The number of benzene rings is 2. The van der Waals surface area contributed by atoms with E-state index in [1.807, 2.05) is 24.3 Å². The Kier molecular flexibility index (Phi) is 5.61. The van der Waals surface area contributed by atoms with E-state index in [1.165, 1.54) is 6.92 Å². The number of amides is 1. The Labute approximate surface area is 167 Å². The summed E-state index contributed by atoms with van der Waals surface area (Å²) in [5.74, 6) is -1.87. The van der Waals surface area contributed by atoms with Crippen LogP contribution < -0.4 is 5.32 Å². The number of fused-ring (bicyclic) bond motifs is 1. The van der Waals surface area contributed by atoms with E-state index in [-0.39, 0.29) is 6.61 Å². The van der Waals surface area contributed by atoms with Gasteiger partial charge >= 0.3 is 12.1 Å². The second kappa shape index (κ2) is 7.94. The van der Waals surface area contributed by atoms with Gasteiger partial charge < -0.3 is 20.1 Å². The molecule has 2 aromatic carbocycles. The van der Waals surface area contributed by atoms with E-state index in [0.29, 0.717) is 10.6 Å². The van der Waals surface area contributed by atoms with Crippen molar-refractivity contribution in [3.05, 3.63) is 70.9 Å². The molecule has 3 rings (SSSR count). The molecule has 3 N–H and O–H groups in total. The Morgan fingerprint density at radius 1 is 1.21 bits per heavy atom. The average molecular weight is 401 g/mol. The van der Waals surface area contributed by atoms with Crippen LogP contribution in [0.4, 0.5) is 4.79 Å². The summed E-state index contributed by atoms with van der Waals surface area (Å²) in [6.45, 7) is 3.28. The van der Waals surface area contributed by atoms with Gasteiger partial charge in [0, 0.05) is 28.0 Å². The third-order valence-corrected chi connectivity index (χ3v) is 5.05. The standard InChI is InChI=1S/C21H21ClN2O4/c1-3-28-20(27)24-21(2,19(25)26)18(13-8-10-14(22)11-9-13)16-12-23-17-7-5-4-6-15(16)17/h4-12,18,23H,3H2,1-2H3,(H,24,27)(H,25,26)/t18-,21-/m1/s1. The molecule has 3 aromatic rings. The quantitative estimate of drug-likeness (QED) is 0.566. The molecule has 0 saturated carbocycles. The highest BCUT2D eigenvalue weighted by Gasteiger charge is 2.46. The molecule has 0 saturated heterocycles. The summed E-state index contributed by atoms with van der Waals surface area (Å²) in [6.07, 6.45) is 0.990. The van der Waals surface area contributed by atoms with E-state index in [2.05, 4.69) is 10.3 Å². The number of halogens is 1. The second-order valence-electron chi connectivity index (χ2n) is 6.63. The SMILES string of the molecule is CCOC(=O)N[C@@](C)(C(=O)O)[C@H](c1ccc(Cl)cc1)c1c[nH]c2ccccc12. The number of carboxylic acid groups (broad SMARTS) is 1. The molecular formula is C21H21ClN2O4. The fourth-order valence-corrected chi connectivity index (χ4v) is 3.57. The average Bonchev–Trinajstić information content (AvgIpc) is 3.07. The van der Waals surface area contributed by atoms with Gasteiger partial charge in [0.1, 0.15) is 5.54 Å². The van der Waals surface area contributed by atoms with E-state index < -0.39 is 23.5 Å². The number of rotatable bonds is 6. The molecule has 28 heavy (non-hydrogen) atoms. The number of aliphatic carboxylic acids is 1. The van der Waals surface area contributed by atoms with Crippen LogP contribution in [0.25, 0.3) is 10.9 Å². The first kappa shape index (κ1) is 19.8. The lowest BCUT2D eigenvalue weighted by Gasteiger charge is -2.34. The van der Waals surface area contributed by atoms with Gasteiger partial charge in [0.2, 0.25) is 0 Å². The lowest BCUT2D eigenvalue weighted by molar-refractivity contribution is -0.144. The molecule has 1 aromatic heterocycles. The van der Waals surface area contributed by atoms with Crippen LogP contribution in [0, 0.1) is 0 Å². The molecule has 0 fully saturated rings.